The molecule has 1 atom stereocenters. The summed E-state index contributed by atoms with van der Waals surface area (Å²) >= 11 is 0. The molecule has 0 saturated heterocycles. The highest BCUT2D eigenvalue weighted by atomic mass is 16.2. The third kappa shape index (κ3) is 10.6. The predicted molar refractivity (Wildman–Crippen MR) is 79.8 cm³/mol. The third-order valence-corrected chi connectivity index (χ3v) is 2.79. The van der Waals surface area contributed by atoms with Gasteiger partial charge in [0.05, 0.1) is 0 Å². The lowest BCUT2D eigenvalue weighted by atomic mass is 10.1. The lowest BCUT2D eigenvalue weighted by molar-refractivity contribution is -0.132. The zero-order valence-corrected chi connectivity index (χ0v) is 12.8. The van der Waals surface area contributed by atoms with Gasteiger partial charge in [-0.15, -0.1) is 0 Å². The van der Waals surface area contributed by atoms with Gasteiger partial charge >= 0.3 is 0 Å². The average Bonchev–Trinajstić information content (AvgIpc) is 2.43. The number of carbonyl (C=O) groups excluding carboxylic acids is 4. The number of rotatable bonds is 10. The summed E-state index contributed by atoms with van der Waals surface area (Å²) in [7, 11) is 0. The SMILES string of the molecule is CC(=O)N[C@@H](CCCCN)C(=O)NNC(=O)CCCC(N)=O. The molecule has 0 radical (unpaired) electrons. The van der Waals surface area contributed by atoms with Gasteiger partial charge in [-0.1, -0.05) is 0 Å². The van der Waals surface area contributed by atoms with Crippen LogP contribution in [0.25, 0.3) is 0 Å². The Balaban J connectivity index is 4.16. The Morgan fingerprint density at radius 1 is 1.00 bits per heavy atom. The molecule has 0 heterocycles. The van der Waals surface area contributed by atoms with E-state index in [1.165, 1.54) is 6.92 Å². The molecule has 0 fully saturated rings. The fourth-order valence-electron chi connectivity index (χ4n) is 1.71. The number of nitrogens with two attached hydrogens (primary N) is 2. The minimum absolute atomic E-state index is 0.0706. The molecule has 0 aromatic rings. The summed E-state index contributed by atoms with van der Waals surface area (Å²) in [6.45, 7) is 1.82. The predicted octanol–water partition coefficient (Wildman–Crippen LogP) is -1.58. The Kier molecular flexibility index (Phi) is 10.4. The van der Waals surface area contributed by atoms with Gasteiger partial charge in [0.1, 0.15) is 6.04 Å². The van der Waals surface area contributed by atoms with Crippen LogP contribution in [0.1, 0.15) is 45.4 Å². The van der Waals surface area contributed by atoms with Crippen molar-refractivity contribution >= 4 is 23.6 Å². The van der Waals surface area contributed by atoms with Crippen LogP contribution < -0.4 is 27.6 Å². The van der Waals surface area contributed by atoms with Gasteiger partial charge in [-0.2, -0.15) is 0 Å². The minimum Gasteiger partial charge on any atom is -0.370 e. The summed E-state index contributed by atoms with van der Waals surface area (Å²) in [5.74, 6) is -1.75. The Morgan fingerprint density at radius 2 is 1.68 bits per heavy atom. The number of hydrazine groups is 1. The summed E-state index contributed by atoms with van der Waals surface area (Å²) in [5, 5.41) is 2.52. The van der Waals surface area contributed by atoms with Crippen molar-refractivity contribution in [3.05, 3.63) is 0 Å². The molecule has 0 aliphatic rings. The van der Waals surface area contributed by atoms with E-state index in [1.54, 1.807) is 0 Å². The normalized spacial score (nSPS) is 11.4. The summed E-state index contributed by atoms with van der Waals surface area (Å²) in [6, 6.07) is -0.727. The number of unbranched alkanes of at least 4 members (excludes halogenated alkanes) is 1. The lowest BCUT2D eigenvalue weighted by Gasteiger charge is -2.17. The highest BCUT2D eigenvalue weighted by Crippen LogP contribution is 2.00. The maximum absolute atomic E-state index is 11.9. The maximum Gasteiger partial charge on any atom is 0.260 e. The second-order valence-corrected chi connectivity index (χ2v) is 4.89. The van der Waals surface area contributed by atoms with Gasteiger partial charge in [0, 0.05) is 19.8 Å². The summed E-state index contributed by atoms with van der Waals surface area (Å²) in [4.78, 5) is 45.0. The molecule has 9 nitrogen and oxygen atoms in total. The van der Waals surface area contributed by atoms with E-state index in [1.807, 2.05) is 0 Å². The Labute approximate surface area is 129 Å². The van der Waals surface area contributed by atoms with Gasteiger partial charge in [-0.3, -0.25) is 30.0 Å². The largest absolute Gasteiger partial charge is 0.370 e. The Morgan fingerprint density at radius 3 is 2.23 bits per heavy atom. The first-order chi connectivity index (χ1) is 10.4. The van der Waals surface area contributed by atoms with E-state index in [4.69, 9.17) is 11.5 Å². The molecule has 0 aromatic heterocycles. The Hall–Kier alpha value is -2.16. The number of hydrogen-bond donors (Lipinski definition) is 5. The first kappa shape index (κ1) is 19.8. The monoisotopic (exact) mass is 315 g/mol. The lowest BCUT2D eigenvalue weighted by Crippen LogP contribution is -2.52. The van der Waals surface area contributed by atoms with Crippen LogP contribution in [0.2, 0.25) is 0 Å². The van der Waals surface area contributed by atoms with Crippen LogP contribution in [0.3, 0.4) is 0 Å². The second-order valence-electron chi connectivity index (χ2n) is 4.89. The van der Waals surface area contributed by atoms with Crippen molar-refractivity contribution in [1.82, 2.24) is 16.2 Å². The van der Waals surface area contributed by atoms with Crippen molar-refractivity contribution < 1.29 is 19.2 Å². The molecule has 0 rings (SSSR count). The zero-order chi connectivity index (χ0) is 17.0. The van der Waals surface area contributed by atoms with Crippen molar-refractivity contribution in [1.29, 1.82) is 0 Å². The first-order valence-electron chi connectivity index (χ1n) is 7.21. The van der Waals surface area contributed by atoms with Crippen molar-refractivity contribution in [3.8, 4) is 0 Å². The zero-order valence-electron chi connectivity index (χ0n) is 12.8. The number of nitrogens with one attached hydrogen (secondary N) is 3. The van der Waals surface area contributed by atoms with E-state index in [2.05, 4.69) is 16.2 Å². The van der Waals surface area contributed by atoms with Gasteiger partial charge in [-0.25, -0.2) is 0 Å². The van der Waals surface area contributed by atoms with Crippen LogP contribution in [0.5, 0.6) is 0 Å². The molecular formula is C13H25N5O4. The van der Waals surface area contributed by atoms with Crippen LogP contribution >= 0.6 is 0 Å². The Bertz CT molecular complexity index is 400. The molecule has 22 heavy (non-hydrogen) atoms. The third-order valence-electron chi connectivity index (χ3n) is 2.79. The van der Waals surface area contributed by atoms with Crippen LogP contribution in [0.4, 0.5) is 0 Å². The topological polar surface area (TPSA) is 156 Å². The number of primary amides is 1. The minimum atomic E-state index is -0.727. The van der Waals surface area contributed by atoms with E-state index in [0.29, 0.717) is 25.8 Å². The van der Waals surface area contributed by atoms with Crippen molar-refractivity contribution in [2.75, 3.05) is 6.54 Å². The molecule has 0 saturated carbocycles. The molecule has 4 amide bonds. The fourth-order valence-corrected chi connectivity index (χ4v) is 1.71. The molecular weight excluding hydrogens is 290 g/mol. The molecule has 0 bridgehead atoms. The quantitative estimate of drug-likeness (QED) is 0.243. The summed E-state index contributed by atoms with van der Waals surface area (Å²) < 4.78 is 0. The number of hydrogen-bond acceptors (Lipinski definition) is 5. The van der Waals surface area contributed by atoms with E-state index >= 15 is 0 Å². The van der Waals surface area contributed by atoms with E-state index < -0.39 is 23.8 Å². The molecule has 0 aliphatic heterocycles. The van der Waals surface area contributed by atoms with Gasteiger partial charge in [-0.05, 0) is 32.2 Å². The highest BCUT2D eigenvalue weighted by molar-refractivity contribution is 5.88. The van der Waals surface area contributed by atoms with Crippen molar-refractivity contribution in [2.45, 2.75) is 51.5 Å². The average molecular weight is 315 g/mol. The van der Waals surface area contributed by atoms with Gasteiger partial charge in [0.15, 0.2) is 0 Å². The van der Waals surface area contributed by atoms with Crippen molar-refractivity contribution in [2.24, 2.45) is 11.5 Å². The standard InChI is InChI=1S/C13H25N5O4/c1-9(19)16-10(5-2-3-8-14)13(22)18-17-12(21)7-4-6-11(15)20/h10H,2-8,14H2,1H3,(H2,15,20)(H,16,19)(H,17,21)(H,18,22)/t10-/m0/s1. The molecule has 0 unspecified atom stereocenters. The van der Waals surface area contributed by atoms with Crippen LogP contribution in [0, 0.1) is 0 Å². The summed E-state index contributed by atoms with van der Waals surface area (Å²) in [6.07, 6.45) is 2.34. The first-order valence-corrected chi connectivity index (χ1v) is 7.21. The molecule has 0 spiro atoms. The van der Waals surface area contributed by atoms with Gasteiger partial charge < -0.3 is 16.8 Å². The molecule has 9 heteroatoms. The fraction of sp³-hybridized carbons (Fsp3) is 0.692. The van der Waals surface area contributed by atoms with Crippen LogP contribution in [-0.2, 0) is 19.2 Å². The highest BCUT2D eigenvalue weighted by Gasteiger charge is 2.19. The van der Waals surface area contributed by atoms with Gasteiger partial charge in [0.2, 0.25) is 17.7 Å². The summed E-state index contributed by atoms with van der Waals surface area (Å²) in [5.41, 5.74) is 14.8. The number of amides is 4. The van der Waals surface area contributed by atoms with Crippen LogP contribution in [0.15, 0.2) is 0 Å². The maximum atomic E-state index is 11.9. The van der Waals surface area contributed by atoms with Crippen molar-refractivity contribution in [3.63, 3.8) is 0 Å². The molecule has 0 aliphatic carbocycles. The second kappa shape index (κ2) is 11.5. The smallest absolute Gasteiger partial charge is 0.260 e. The molecule has 7 N–H and O–H groups in total. The molecule has 126 valence electrons. The van der Waals surface area contributed by atoms with E-state index in [-0.39, 0.29) is 18.7 Å². The van der Waals surface area contributed by atoms with Crippen LogP contribution in [-0.4, -0.2) is 36.2 Å². The van der Waals surface area contributed by atoms with E-state index in [0.717, 1.165) is 6.42 Å². The van der Waals surface area contributed by atoms with Gasteiger partial charge in [0.25, 0.3) is 5.91 Å². The van der Waals surface area contributed by atoms with E-state index in [9.17, 15) is 19.2 Å². The molecule has 0 aromatic carbocycles. The number of carbonyl (C=O) groups is 4.